The number of benzene rings is 3. The van der Waals surface area contributed by atoms with Crippen LogP contribution >= 0.6 is 0 Å². The van der Waals surface area contributed by atoms with Crippen molar-refractivity contribution in [3.05, 3.63) is 83.9 Å². The summed E-state index contributed by atoms with van der Waals surface area (Å²) in [6.07, 6.45) is 2.60. The quantitative estimate of drug-likeness (QED) is 0.321. The molecule has 0 aromatic heterocycles. The van der Waals surface area contributed by atoms with Gasteiger partial charge in [0.25, 0.3) is 0 Å². The number of carbonyl (C=O) groups excluding carboxylic acids is 1. The summed E-state index contributed by atoms with van der Waals surface area (Å²) in [5.41, 5.74) is 1.17. The molecular formula is C27H29NO6S. The molecule has 4 rings (SSSR count). The Morgan fingerprint density at radius 2 is 1.69 bits per heavy atom. The van der Waals surface area contributed by atoms with Crippen LogP contribution in [0.5, 0.6) is 17.2 Å². The van der Waals surface area contributed by atoms with Gasteiger partial charge in [0.1, 0.15) is 28.8 Å². The summed E-state index contributed by atoms with van der Waals surface area (Å²) >= 11 is 0. The van der Waals surface area contributed by atoms with Crippen LogP contribution in [0, 0.1) is 0 Å². The molecule has 3 aromatic carbocycles. The number of ether oxygens (including phenoxy) is 3. The van der Waals surface area contributed by atoms with E-state index in [0.717, 1.165) is 24.8 Å². The molecule has 35 heavy (non-hydrogen) atoms. The number of sulfonamides is 1. The monoisotopic (exact) mass is 495 g/mol. The van der Waals surface area contributed by atoms with E-state index in [2.05, 4.69) is 0 Å². The van der Waals surface area contributed by atoms with Crippen LogP contribution in [0.1, 0.15) is 42.1 Å². The molecule has 3 aromatic rings. The van der Waals surface area contributed by atoms with Crippen molar-refractivity contribution in [3.8, 4) is 17.2 Å². The predicted molar refractivity (Wildman–Crippen MR) is 132 cm³/mol. The third-order valence-corrected chi connectivity index (χ3v) is 8.05. The van der Waals surface area contributed by atoms with Gasteiger partial charge >= 0.3 is 5.97 Å². The van der Waals surface area contributed by atoms with Crippen LogP contribution in [-0.4, -0.2) is 38.4 Å². The summed E-state index contributed by atoms with van der Waals surface area (Å²) in [7, 11) is -2.42. The molecule has 0 radical (unpaired) electrons. The lowest BCUT2D eigenvalue weighted by Gasteiger charge is -2.32. The average molecular weight is 496 g/mol. The lowest BCUT2D eigenvalue weighted by Crippen LogP contribution is -2.42. The summed E-state index contributed by atoms with van der Waals surface area (Å²) in [6.45, 7) is 2.77. The third-order valence-electron chi connectivity index (χ3n) is 6.01. The zero-order chi connectivity index (χ0) is 24.8. The fourth-order valence-electron chi connectivity index (χ4n) is 4.07. The molecule has 1 aliphatic heterocycles. The molecule has 1 fully saturated rings. The Kier molecular flexibility index (Phi) is 7.73. The van der Waals surface area contributed by atoms with Gasteiger partial charge in [0, 0.05) is 12.6 Å². The Labute approximate surface area is 206 Å². The van der Waals surface area contributed by atoms with Gasteiger partial charge in [-0.3, -0.25) is 0 Å². The molecule has 1 saturated heterocycles. The summed E-state index contributed by atoms with van der Waals surface area (Å²) in [5, 5.41) is 0. The summed E-state index contributed by atoms with van der Waals surface area (Å²) in [5.74, 6) is 0.502. The van der Waals surface area contributed by atoms with Crippen molar-refractivity contribution in [2.75, 3.05) is 13.7 Å². The fourth-order valence-corrected chi connectivity index (χ4v) is 5.95. The first kappa shape index (κ1) is 24.8. The minimum atomic E-state index is -3.83. The maximum Gasteiger partial charge on any atom is 0.343 e. The maximum absolute atomic E-state index is 13.4. The minimum absolute atomic E-state index is 0.0344. The van der Waals surface area contributed by atoms with Crippen molar-refractivity contribution < 1.29 is 27.4 Å². The van der Waals surface area contributed by atoms with E-state index in [4.69, 9.17) is 14.2 Å². The van der Waals surface area contributed by atoms with Crippen LogP contribution in [0.15, 0.2) is 77.7 Å². The largest absolute Gasteiger partial charge is 0.495 e. The lowest BCUT2D eigenvalue weighted by atomic mass is 10.1. The molecule has 0 spiro atoms. The normalized spacial score (nSPS) is 16.5. The van der Waals surface area contributed by atoms with Gasteiger partial charge in [-0.1, -0.05) is 36.8 Å². The van der Waals surface area contributed by atoms with Crippen LogP contribution in [0.4, 0.5) is 0 Å². The van der Waals surface area contributed by atoms with Crippen molar-refractivity contribution in [2.24, 2.45) is 0 Å². The van der Waals surface area contributed by atoms with E-state index in [1.54, 1.807) is 24.3 Å². The summed E-state index contributed by atoms with van der Waals surface area (Å²) in [6, 6.07) is 20.7. The zero-order valence-corrected chi connectivity index (χ0v) is 20.7. The Morgan fingerprint density at radius 3 is 2.37 bits per heavy atom. The number of rotatable bonds is 8. The SMILES string of the molecule is COc1ccc(C(=O)Oc2ccc(OCc3ccccc3)cc2)cc1S(=O)(=O)N1CCCCC1C. The van der Waals surface area contributed by atoms with Crippen LogP contribution in [-0.2, 0) is 16.6 Å². The van der Waals surface area contributed by atoms with Crippen LogP contribution < -0.4 is 14.2 Å². The first-order chi connectivity index (χ1) is 16.9. The highest BCUT2D eigenvalue weighted by molar-refractivity contribution is 7.89. The van der Waals surface area contributed by atoms with E-state index >= 15 is 0 Å². The minimum Gasteiger partial charge on any atom is -0.495 e. The zero-order valence-electron chi connectivity index (χ0n) is 19.8. The van der Waals surface area contributed by atoms with E-state index in [1.807, 2.05) is 37.3 Å². The van der Waals surface area contributed by atoms with Crippen molar-refractivity contribution in [1.82, 2.24) is 4.31 Å². The highest BCUT2D eigenvalue weighted by Gasteiger charge is 2.33. The standard InChI is InChI=1S/C27H29NO6S/c1-20-8-6-7-17-28(20)35(30,31)26-18-22(11-16-25(26)32-2)27(29)34-24-14-12-23(13-15-24)33-19-21-9-4-3-5-10-21/h3-5,9-16,18,20H,6-8,17,19H2,1-2H3. The van der Waals surface area contributed by atoms with Gasteiger partial charge in [-0.25, -0.2) is 13.2 Å². The number of hydrogen-bond donors (Lipinski definition) is 0. The molecule has 1 unspecified atom stereocenters. The highest BCUT2D eigenvalue weighted by atomic mass is 32.2. The third kappa shape index (κ3) is 5.83. The van der Waals surface area contributed by atoms with E-state index < -0.39 is 16.0 Å². The maximum atomic E-state index is 13.4. The fraction of sp³-hybridized carbons (Fsp3) is 0.296. The van der Waals surface area contributed by atoms with Crippen molar-refractivity contribution in [1.29, 1.82) is 0 Å². The molecule has 8 heteroatoms. The second-order valence-electron chi connectivity index (χ2n) is 8.46. The Bertz CT molecular complexity index is 1260. The van der Waals surface area contributed by atoms with Gasteiger partial charge in [0.05, 0.1) is 12.7 Å². The second kappa shape index (κ2) is 10.9. The average Bonchev–Trinajstić information content (AvgIpc) is 2.88. The number of methoxy groups -OCH3 is 1. The first-order valence-electron chi connectivity index (χ1n) is 11.6. The molecule has 0 amide bonds. The van der Waals surface area contributed by atoms with Gasteiger partial charge in [-0.15, -0.1) is 0 Å². The topological polar surface area (TPSA) is 82.1 Å². The Hall–Kier alpha value is -3.36. The number of nitrogens with zero attached hydrogens (tertiary/aromatic N) is 1. The van der Waals surface area contributed by atoms with E-state index in [9.17, 15) is 13.2 Å². The molecule has 0 bridgehead atoms. The Morgan fingerprint density at radius 1 is 0.971 bits per heavy atom. The van der Waals surface area contributed by atoms with Gasteiger partial charge in [-0.2, -0.15) is 4.31 Å². The van der Waals surface area contributed by atoms with Crippen LogP contribution in [0.2, 0.25) is 0 Å². The van der Waals surface area contributed by atoms with E-state index in [1.165, 1.54) is 29.6 Å². The van der Waals surface area contributed by atoms with Crippen molar-refractivity contribution >= 4 is 16.0 Å². The van der Waals surface area contributed by atoms with E-state index in [-0.39, 0.29) is 22.3 Å². The lowest BCUT2D eigenvalue weighted by molar-refractivity contribution is 0.0734. The van der Waals surface area contributed by atoms with Gasteiger partial charge in [-0.05, 0) is 67.8 Å². The van der Waals surface area contributed by atoms with Crippen molar-refractivity contribution in [2.45, 2.75) is 43.7 Å². The molecule has 1 aliphatic rings. The molecule has 184 valence electrons. The number of esters is 1. The molecule has 1 atom stereocenters. The highest BCUT2D eigenvalue weighted by Crippen LogP contribution is 2.32. The number of piperidine rings is 1. The molecule has 1 heterocycles. The summed E-state index contributed by atoms with van der Waals surface area (Å²) < 4.78 is 44.8. The summed E-state index contributed by atoms with van der Waals surface area (Å²) in [4.78, 5) is 12.8. The van der Waals surface area contributed by atoms with Gasteiger partial charge in [0.2, 0.25) is 10.0 Å². The van der Waals surface area contributed by atoms with Gasteiger partial charge < -0.3 is 14.2 Å². The van der Waals surface area contributed by atoms with Gasteiger partial charge in [0.15, 0.2) is 0 Å². The van der Waals surface area contributed by atoms with Crippen molar-refractivity contribution in [3.63, 3.8) is 0 Å². The second-order valence-corrected chi connectivity index (χ2v) is 10.3. The van der Waals surface area contributed by atoms with Crippen LogP contribution in [0.25, 0.3) is 0 Å². The molecular weight excluding hydrogens is 466 g/mol. The van der Waals surface area contributed by atoms with Crippen LogP contribution in [0.3, 0.4) is 0 Å². The smallest absolute Gasteiger partial charge is 0.343 e. The predicted octanol–water partition coefficient (Wildman–Crippen LogP) is 5.06. The molecule has 0 N–H and O–H groups in total. The molecule has 0 saturated carbocycles. The molecule has 7 nitrogen and oxygen atoms in total. The Balaban J connectivity index is 1.47. The number of carbonyl (C=O) groups is 1. The van der Waals surface area contributed by atoms with E-state index in [0.29, 0.717) is 24.7 Å². The molecule has 0 aliphatic carbocycles. The first-order valence-corrected chi connectivity index (χ1v) is 13.0. The number of hydrogen-bond acceptors (Lipinski definition) is 6.